The molecule has 448 valence electrons. The first-order valence-electron chi connectivity index (χ1n) is 33.0. The molecule has 0 N–H and O–H groups in total. The molecule has 0 saturated carbocycles. The molecular weight excluding hydrogens is 1280 g/mol. The fraction of sp³-hybridized carbons (Fsp3) is 0.195. The predicted octanol–water partition coefficient (Wildman–Crippen LogP) is 19.2. The van der Waals surface area contributed by atoms with Gasteiger partial charge in [0.05, 0.1) is 6.85 Å². The van der Waals surface area contributed by atoms with Crippen molar-refractivity contribution >= 4 is 68.8 Å². The van der Waals surface area contributed by atoms with Crippen LogP contribution in [0.15, 0.2) is 243 Å². The SMILES string of the molecule is [2H]c1c([2H])c([2H])c(-c2cccc(-c3cc(-c4cc(C(C)(C)C)cc(C(C)(C)C)c4)cc(C(C)(C)C)c3)c2N2[CH-]N(c3[c-]c(Oc4[c-]c5c(cc4)[Si](c4ccccc4)(c4ccccc4)c4ccccc4N5c4cc(C(C)(C)C)ccn4)ccc3)c3ccccc32)c([2H])c1[2H].[Pt]. The van der Waals surface area contributed by atoms with Crippen LogP contribution >= 0.6 is 0 Å². The van der Waals surface area contributed by atoms with E-state index in [1.807, 2.05) is 61.4 Å². The summed E-state index contributed by atoms with van der Waals surface area (Å²) >= 11 is 0. The number of hydrogen-bond donors (Lipinski definition) is 0. The average molecular weight is 1360 g/mol. The number of ether oxygens (including phenoxy) is 1. The van der Waals surface area contributed by atoms with Crippen LogP contribution in [0.2, 0.25) is 0 Å². The molecule has 0 atom stereocenters. The van der Waals surface area contributed by atoms with Crippen molar-refractivity contribution in [2.45, 2.75) is 105 Å². The van der Waals surface area contributed by atoms with Gasteiger partial charge < -0.3 is 19.4 Å². The number of rotatable bonds is 10. The largest absolute Gasteiger partial charge is 0.509 e. The number of benzene rings is 10. The van der Waals surface area contributed by atoms with E-state index >= 15 is 0 Å². The van der Waals surface area contributed by atoms with Crippen LogP contribution in [0.4, 0.5) is 39.9 Å². The number of para-hydroxylation sites is 4. The first-order chi connectivity index (χ1) is 44.2. The summed E-state index contributed by atoms with van der Waals surface area (Å²) < 4.78 is 52.6. The molecule has 13 rings (SSSR count). The van der Waals surface area contributed by atoms with Crippen molar-refractivity contribution in [3.63, 3.8) is 0 Å². The van der Waals surface area contributed by atoms with Crippen LogP contribution in [0.1, 0.15) is 112 Å². The molecular formula is C82H77N4OPtSi-3. The number of pyridine rings is 1. The van der Waals surface area contributed by atoms with E-state index in [9.17, 15) is 2.74 Å². The van der Waals surface area contributed by atoms with E-state index in [0.717, 1.165) is 67.1 Å². The number of aromatic nitrogens is 1. The van der Waals surface area contributed by atoms with E-state index in [0.29, 0.717) is 28.4 Å². The fourth-order valence-electron chi connectivity index (χ4n) is 12.6. The van der Waals surface area contributed by atoms with Gasteiger partial charge in [-0.15, -0.1) is 47.9 Å². The van der Waals surface area contributed by atoms with Crippen LogP contribution in [0.5, 0.6) is 11.5 Å². The Labute approximate surface area is 551 Å². The Bertz CT molecular complexity index is 4620. The number of fused-ring (bicyclic) bond motifs is 3. The van der Waals surface area contributed by atoms with E-state index < -0.39 is 26.2 Å². The molecule has 2 aliphatic rings. The van der Waals surface area contributed by atoms with E-state index in [1.54, 1.807) is 0 Å². The number of nitrogens with zero attached hydrogens (tertiary/aromatic N) is 4. The second-order valence-corrected chi connectivity index (χ2v) is 31.2. The van der Waals surface area contributed by atoms with Crippen LogP contribution < -0.4 is 40.2 Å². The van der Waals surface area contributed by atoms with Gasteiger partial charge in [0.15, 0.2) is 0 Å². The summed E-state index contributed by atoms with van der Waals surface area (Å²) in [6.45, 7) is 29.0. The summed E-state index contributed by atoms with van der Waals surface area (Å²) in [5.74, 6) is 1.76. The normalized spacial score (nSPS) is 14.5. The van der Waals surface area contributed by atoms with E-state index in [-0.39, 0.29) is 60.4 Å². The predicted molar refractivity (Wildman–Crippen MR) is 373 cm³/mol. The van der Waals surface area contributed by atoms with Gasteiger partial charge in [-0.05, 0) is 108 Å². The van der Waals surface area contributed by atoms with Crippen molar-refractivity contribution in [2.24, 2.45) is 0 Å². The average Bonchev–Trinajstić information content (AvgIpc) is 0.799. The molecule has 0 bridgehead atoms. The molecule has 89 heavy (non-hydrogen) atoms. The zero-order chi connectivity index (χ0) is 65.7. The molecule has 0 aliphatic carbocycles. The molecule has 0 unspecified atom stereocenters. The van der Waals surface area contributed by atoms with Gasteiger partial charge in [0.2, 0.25) is 0 Å². The maximum absolute atomic E-state index is 9.48. The Morgan fingerprint density at radius 2 is 0.955 bits per heavy atom. The molecule has 0 radical (unpaired) electrons. The van der Waals surface area contributed by atoms with Gasteiger partial charge in [-0.25, -0.2) is 4.98 Å². The monoisotopic (exact) mass is 1360 g/mol. The minimum atomic E-state index is -3.05. The van der Waals surface area contributed by atoms with E-state index in [2.05, 4.69) is 268 Å². The quantitative estimate of drug-likeness (QED) is 0.101. The summed E-state index contributed by atoms with van der Waals surface area (Å²) in [4.78, 5) is 11.6. The second kappa shape index (κ2) is 23.4. The third-order valence-corrected chi connectivity index (χ3v) is 22.2. The minimum Gasteiger partial charge on any atom is -0.509 e. The van der Waals surface area contributed by atoms with Crippen LogP contribution in [0.25, 0.3) is 33.4 Å². The number of anilines is 7. The summed E-state index contributed by atoms with van der Waals surface area (Å²) in [6, 6.07) is 78.7. The van der Waals surface area contributed by atoms with E-state index in [1.165, 1.54) is 26.7 Å². The Kier molecular flexibility index (Phi) is 14.4. The van der Waals surface area contributed by atoms with Crippen molar-refractivity contribution in [1.29, 1.82) is 0 Å². The van der Waals surface area contributed by atoms with E-state index in [4.69, 9.17) is 13.8 Å². The maximum atomic E-state index is 9.48. The van der Waals surface area contributed by atoms with Gasteiger partial charge in [-0.2, -0.15) is 12.1 Å². The smallest absolute Gasteiger partial charge is 0.135 e. The Hall–Kier alpha value is -8.54. The molecule has 1 aromatic heterocycles. The second-order valence-electron chi connectivity index (χ2n) is 27.5. The molecule has 3 heterocycles. The van der Waals surface area contributed by atoms with Gasteiger partial charge in [0.1, 0.15) is 13.9 Å². The Morgan fingerprint density at radius 1 is 0.438 bits per heavy atom. The standard InChI is InChI=1S/C82H77N4OSi.Pt/c1-79(2,3)60-44-45-83-77(52-60)86-73-40-24-25-41-75(73)88(67-32-18-14-19-33-67,68-34-20-15-21-35-68)76-43-42-66(54-74(76)86)87-65-31-26-30-64(53-65)84-55-85(72-39-23-22-38-71(72)84)78-69(56-28-16-13-17-29-56)36-27-37-70(78)59-46-57(47-61(50-59)80(4,5)6)58-48-62(81(7,8)9)51-63(49-58)82(10,11)12;/h13-52,55H,1-12H3;/q-3;/i13D,16D,17D,28D,29D;. The summed E-state index contributed by atoms with van der Waals surface area (Å²) in [5.41, 5.74) is 13.5. The molecule has 0 fully saturated rings. The van der Waals surface area contributed by atoms with Crippen LogP contribution in [0.3, 0.4) is 0 Å². The zero-order valence-electron chi connectivity index (χ0n) is 57.8. The van der Waals surface area contributed by atoms with Gasteiger partial charge in [0.25, 0.3) is 0 Å². The molecule has 7 heteroatoms. The third-order valence-electron chi connectivity index (χ3n) is 17.3. The minimum absolute atomic E-state index is 0. The Morgan fingerprint density at radius 3 is 1.57 bits per heavy atom. The first kappa shape index (κ1) is 54.6. The van der Waals surface area contributed by atoms with Gasteiger partial charge in [-0.1, -0.05) is 269 Å². The molecule has 0 amide bonds. The van der Waals surface area contributed by atoms with Crippen LogP contribution in [-0.4, -0.2) is 13.1 Å². The molecule has 2 aliphatic heterocycles. The Balaban J connectivity index is 0.00000848. The summed E-state index contributed by atoms with van der Waals surface area (Å²) in [7, 11) is -3.05. The van der Waals surface area contributed by atoms with Crippen LogP contribution in [-0.2, 0) is 42.7 Å². The van der Waals surface area contributed by atoms with Crippen molar-refractivity contribution in [1.82, 2.24) is 4.98 Å². The van der Waals surface area contributed by atoms with Gasteiger partial charge in [0, 0.05) is 72.6 Å². The molecule has 0 spiro atoms. The van der Waals surface area contributed by atoms with Gasteiger partial charge >= 0.3 is 0 Å². The number of hydrogen-bond acceptors (Lipinski definition) is 5. The molecule has 5 nitrogen and oxygen atoms in total. The molecule has 10 aromatic carbocycles. The topological polar surface area (TPSA) is 31.8 Å². The first-order valence-corrected chi connectivity index (χ1v) is 32.5. The van der Waals surface area contributed by atoms with Crippen LogP contribution in [0, 0.1) is 18.8 Å². The van der Waals surface area contributed by atoms with Crippen molar-refractivity contribution in [3.05, 3.63) is 284 Å². The summed E-state index contributed by atoms with van der Waals surface area (Å²) in [5, 5.41) is 4.91. The zero-order valence-corrected chi connectivity index (χ0v) is 56.1. The maximum Gasteiger partial charge on any atom is 0.135 e. The fourth-order valence-corrected chi connectivity index (χ4v) is 17.6. The molecule has 0 saturated heterocycles. The summed E-state index contributed by atoms with van der Waals surface area (Å²) in [6.07, 6.45) is 1.91. The molecule has 11 aromatic rings. The van der Waals surface area contributed by atoms with Gasteiger partial charge in [-0.3, -0.25) is 0 Å². The third kappa shape index (κ3) is 11.4. The van der Waals surface area contributed by atoms with Crippen molar-refractivity contribution in [3.8, 4) is 44.9 Å². The van der Waals surface area contributed by atoms with Crippen molar-refractivity contribution in [2.75, 3.05) is 14.7 Å². The van der Waals surface area contributed by atoms with Crippen molar-refractivity contribution < 1.29 is 32.7 Å².